The average molecular weight is 448 g/mol. The number of halogens is 1. The summed E-state index contributed by atoms with van der Waals surface area (Å²) < 4.78 is 24.6. The quantitative estimate of drug-likeness (QED) is 0.725. The molecule has 0 amide bonds. The normalized spacial score (nSPS) is 19.8. The van der Waals surface area contributed by atoms with Gasteiger partial charge in [-0.3, -0.25) is 9.69 Å². The van der Waals surface area contributed by atoms with Crippen LogP contribution in [0.1, 0.15) is 38.2 Å². The molecule has 1 atom stereocenters. The van der Waals surface area contributed by atoms with Gasteiger partial charge in [-0.15, -0.1) is 0 Å². The molecule has 4 rings (SSSR count). The molecule has 1 aliphatic heterocycles. The van der Waals surface area contributed by atoms with Crippen LogP contribution >= 0.6 is 0 Å². The van der Waals surface area contributed by atoms with E-state index < -0.39 is 5.92 Å². The summed E-state index contributed by atoms with van der Waals surface area (Å²) in [6.07, 6.45) is 0.913. The minimum Gasteiger partial charge on any atom is -0.497 e. The fourth-order valence-electron chi connectivity index (χ4n) is 4.74. The Hall–Kier alpha value is -3.79. The smallest absolute Gasteiger partial charge is 0.162 e. The van der Waals surface area contributed by atoms with Crippen LogP contribution in [-0.2, 0) is 4.79 Å². The summed E-state index contributed by atoms with van der Waals surface area (Å²) in [5, 5.41) is 10.1. The Balaban J connectivity index is 2.01. The summed E-state index contributed by atoms with van der Waals surface area (Å²) >= 11 is 0. The van der Waals surface area contributed by atoms with Crippen LogP contribution in [0.4, 0.5) is 10.1 Å². The van der Waals surface area contributed by atoms with Crippen molar-refractivity contribution in [2.45, 2.75) is 32.6 Å². The molecular formula is C26H26FN3O3. The number of methoxy groups -OCH3 is 2. The zero-order valence-corrected chi connectivity index (χ0v) is 19.1. The summed E-state index contributed by atoms with van der Waals surface area (Å²) in [5.41, 5.74) is 9.08. The summed E-state index contributed by atoms with van der Waals surface area (Å²) in [6.45, 7) is 4.06. The molecule has 7 heteroatoms. The molecule has 2 aromatic rings. The molecule has 0 spiro atoms. The molecule has 0 saturated heterocycles. The van der Waals surface area contributed by atoms with E-state index >= 15 is 0 Å². The molecule has 2 N–H and O–H groups in total. The van der Waals surface area contributed by atoms with E-state index in [1.54, 1.807) is 49.5 Å². The van der Waals surface area contributed by atoms with Gasteiger partial charge in [0.15, 0.2) is 5.78 Å². The highest BCUT2D eigenvalue weighted by atomic mass is 19.1. The summed E-state index contributed by atoms with van der Waals surface area (Å²) in [4.78, 5) is 15.3. The van der Waals surface area contributed by atoms with E-state index in [1.165, 1.54) is 12.1 Å². The lowest BCUT2D eigenvalue weighted by Crippen LogP contribution is -2.42. The van der Waals surface area contributed by atoms with Crippen molar-refractivity contribution in [2.75, 3.05) is 19.1 Å². The Bertz CT molecular complexity index is 1220. The number of nitrogens with zero attached hydrogens (tertiary/aromatic N) is 2. The van der Waals surface area contributed by atoms with Crippen molar-refractivity contribution in [1.29, 1.82) is 5.26 Å². The molecule has 170 valence electrons. The number of anilines is 1. The molecule has 1 heterocycles. The number of Topliss-reactive ketones (excluding diaryl/α,β-unsaturated/α-hetero) is 1. The number of benzene rings is 2. The Morgan fingerprint density at radius 1 is 1.12 bits per heavy atom. The van der Waals surface area contributed by atoms with Gasteiger partial charge in [-0.1, -0.05) is 26.0 Å². The molecule has 0 saturated carbocycles. The zero-order chi connectivity index (χ0) is 23.9. The number of nitrogens with two attached hydrogens (primary N) is 1. The predicted molar refractivity (Wildman–Crippen MR) is 123 cm³/mol. The van der Waals surface area contributed by atoms with Crippen LogP contribution in [0, 0.1) is 22.6 Å². The van der Waals surface area contributed by atoms with E-state index in [0.717, 1.165) is 5.70 Å². The molecule has 1 aliphatic carbocycles. The number of hydrogen-bond donors (Lipinski definition) is 1. The maximum absolute atomic E-state index is 13.6. The molecule has 2 aliphatic rings. The van der Waals surface area contributed by atoms with Crippen LogP contribution < -0.4 is 20.1 Å². The first-order valence-corrected chi connectivity index (χ1v) is 10.6. The van der Waals surface area contributed by atoms with E-state index in [4.69, 9.17) is 15.2 Å². The van der Waals surface area contributed by atoms with Gasteiger partial charge in [0.2, 0.25) is 0 Å². The fourth-order valence-corrected chi connectivity index (χ4v) is 4.74. The number of hydrogen-bond acceptors (Lipinski definition) is 6. The number of ether oxygens (including phenoxy) is 2. The van der Waals surface area contributed by atoms with Gasteiger partial charge in [0.1, 0.15) is 23.1 Å². The van der Waals surface area contributed by atoms with Crippen LogP contribution in [0.25, 0.3) is 0 Å². The Morgan fingerprint density at radius 2 is 1.82 bits per heavy atom. The van der Waals surface area contributed by atoms with Crippen molar-refractivity contribution in [3.8, 4) is 17.6 Å². The Kier molecular flexibility index (Phi) is 5.62. The molecule has 6 nitrogen and oxygen atoms in total. The first-order chi connectivity index (χ1) is 15.7. The van der Waals surface area contributed by atoms with Gasteiger partial charge in [0.25, 0.3) is 0 Å². The van der Waals surface area contributed by atoms with Gasteiger partial charge in [-0.05, 0) is 41.7 Å². The lowest BCUT2D eigenvalue weighted by molar-refractivity contribution is -0.118. The predicted octanol–water partition coefficient (Wildman–Crippen LogP) is 4.78. The van der Waals surface area contributed by atoms with Gasteiger partial charge in [0, 0.05) is 23.8 Å². The average Bonchev–Trinajstić information content (AvgIpc) is 2.78. The number of ketones is 1. The van der Waals surface area contributed by atoms with Gasteiger partial charge in [-0.25, -0.2) is 4.39 Å². The lowest BCUT2D eigenvalue weighted by atomic mass is 9.68. The van der Waals surface area contributed by atoms with E-state index in [1.807, 2.05) is 13.8 Å². The van der Waals surface area contributed by atoms with Crippen molar-refractivity contribution in [1.82, 2.24) is 0 Å². The van der Waals surface area contributed by atoms with Gasteiger partial charge < -0.3 is 15.2 Å². The van der Waals surface area contributed by atoms with Crippen LogP contribution in [0.5, 0.6) is 11.5 Å². The maximum atomic E-state index is 13.6. The van der Waals surface area contributed by atoms with Crippen molar-refractivity contribution in [2.24, 2.45) is 11.1 Å². The second-order valence-electron chi connectivity index (χ2n) is 9.07. The Labute approximate surface area is 192 Å². The van der Waals surface area contributed by atoms with Crippen molar-refractivity contribution in [3.05, 3.63) is 76.5 Å². The fraction of sp³-hybridized carbons (Fsp3) is 0.308. The molecule has 33 heavy (non-hydrogen) atoms. The molecular weight excluding hydrogens is 421 g/mol. The summed E-state index contributed by atoms with van der Waals surface area (Å²) in [6, 6.07) is 13.4. The first-order valence-electron chi connectivity index (χ1n) is 10.6. The monoisotopic (exact) mass is 447 g/mol. The minimum absolute atomic E-state index is 0.0479. The molecule has 2 aromatic carbocycles. The number of allylic oxidation sites excluding steroid dienone is 3. The largest absolute Gasteiger partial charge is 0.497 e. The highest BCUT2D eigenvalue weighted by molar-refractivity contribution is 6.01. The summed E-state index contributed by atoms with van der Waals surface area (Å²) in [5.74, 6) is 0.231. The third-order valence-electron chi connectivity index (χ3n) is 6.21. The lowest BCUT2D eigenvalue weighted by Gasteiger charge is -2.44. The number of rotatable bonds is 4. The summed E-state index contributed by atoms with van der Waals surface area (Å²) in [7, 11) is 3.10. The standard InChI is InChI=1S/C26H26FN3O3/c1-26(2)12-20-24(21(31)13-26)23(15-5-7-16(27)8-6-15)18(14-28)25(29)30(20)19-10-9-17(32-3)11-22(19)33-4/h5-11,23H,12-13,29H2,1-4H3/t23-/m0/s1. The molecule has 0 radical (unpaired) electrons. The van der Waals surface area contributed by atoms with Crippen LogP contribution in [0.3, 0.4) is 0 Å². The minimum atomic E-state index is -0.658. The number of carbonyl (C=O) groups is 1. The van der Waals surface area contributed by atoms with E-state index in [9.17, 15) is 14.4 Å². The van der Waals surface area contributed by atoms with Crippen LogP contribution in [0.15, 0.2) is 65.1 Å². The highest BCUT2D eigenvalue weighted by Gasteiger charge is 2.45. The van der Waals surface area contributed by atoms with Crippen molar-refractivity contribution >= 4 is 11.5 Å². The van der Waals surface area contributed by atoms with Gasteiger partial charge in [-0.2, -0.15) is 5.26 Å². The molecule has 0 aromatic heterocycles. The number of carbonyl (C=O) groups excluding carboxylic acids is 1. The van der Waals surface area contributed by atoms with E-state index in [2.05, 4.69) is 6.07 Å². The highest BCUT2D eigenvalue weighted by Crippen LogP contribution is 2.51. The van der Waals surface area contributed by atoms with Crippen molar-refractivity contribution in [3.63, 3.8) is 0 Å². The number of nitriles is 1. The van der Waals surface area contributed by atoms with Crippen molar-refractivity contribution < 1.29 is 18.7 Å². The second-order valence-corrected chi connectivity index (χ2v) is 9.07. The zero-order valence-electron chi connectivity index (χ0n) is 19.1. The molecule has 0 fully saturated rings. The second kappa shape index (κ2) is 8.28. The third kappa shape index (κ3) is 3.82. The molecule has 0 unspecified atom stereocenters. The van der Waals surface area contributed by atoms with Gasteiger partial charge >= 0.3 is 0 Å². The van der Waals surface area contributed by atoms with Gasteiger partial charge in [0.05, 0.1) is 37.5 Å². The topological polar surface area (TPSA) is 88.6 Å². The molecule has 0 bridgehead atoms. The first kappa shape index (κ1) is 22.4. The maximum Gasteiger partial charge on any atom is 0.162 e. The third-order valence-corrected chi connectivity index (χ3v) is 6.21. The Morgan fingerprint density at radius 3 is 2.42 bits per heavy atom. The SMILES string of the molecule is COc1ccc(N2C(N)=C(C#N)[C@H](c3ccc(F)cc3)C3=C2CC(C)(C)CC3=O)c(OC)c1. The van der Waals surface area contributed by atoms with E-state index in [0.29, 0.717) is 41.2 Å². The van der Waals surface area contributed by atoms with Crippen LogP contribution in [-0.4, -0.2) is 20.0 Å². The van der Waals surface area contributed by atoms with Crippen LogP contribution in [0.2, 0.25) is 0 Å². The van der Waals surface area contributed by atoms with E-state index in [-0.39, 0.29) is 28.4 Å².